The van der Waals surface area contributed by atoms with Gasteiger partial charge in [-0.25, -0.2) is 0 Å². The van der Waals surface area contributed by atoms with Crippen LogP contribution in [-0.4, -0.2) is 45.6 Å². The van der Waals surface area contributed by atoms with Gasteiger partial charge in [-0.05, 0) is 63.1 Å². The molecule has 0 amide bonds. The number of benzene rings is 2. The van der Waals surface area contributed by atoms with Crippen molar-refractivity contribution in [3.05, 3.63) is 59.7 Å². The van der Waals surface area contributed by atoms with Gasteiger partial charge in [0.2, 0.25) is 0 Å². The third kappa shape index (κ3) is 10.2. The minimum atomic E-state index is -0.860. The Morgan fingerprint density at radius 3 is 1.48 bits per heavy atom. The van der Waals surface area contributed by atoms with E-state index in [1.165, 1.54) is 12.1 Å². The second kappa shape index (κ2) is 14.0. The number of aromatic hydroxyl groups is 2. The molecule has 0 aliphatic carbocycles. The monoisotopic (exact) mass is 406 g/mol. The zero-order valence-corrected chi connectivity index (χ0v) is 17.2. The molecule has 0 aliphatic heterocycles. The Balaban J connectivity index is 0.000000481. The SMILES string of the molecule is CC(C(=O)O)c1ccc(O)cc1.CCO.CCOC(=O)C(C)c1ccc(O)cc1. The molecule has 2 unspecified atom stereocenters. The van der Waals surface area contributed by atoms with Crippen LogP contribution in [0, 0.1) is 0 Å². The highest BCUT2D eigenvalue weighted by atomic mass is 16.5. The van der Waals surface area contributed by atoms with E-state index in [0.717, 1.165) is 5.56 Å². The molecule has 7 nitrogen and oxygen atoms in total. The number of phenols is 2. The summed E-state index contributed by atoms with van der Waals surface area (Å²) in [5.41, 5.74) is 1.54. The van der Waals surface area contributed by atoms with Crippen molar-refractivity contribution in [2.45, 2.75) is 39.5 Å². The summed E-state index contributed by atoms with van der Waals surface area (Å²) in [6.45, 7) is 7.49. The van der Waals surface area contributed by atoms with Crippen LogP contribution < -0.4 is 0 Å². The van der Waals surface area contributed by atoms with E-state index in [1.807, 2.05) is 0 Å². The average molecular weight is 406 g/mol. The van der Waals surface area contributed by atoms with Gasteiger partial charge in [-0.2, -0.15) is 0 Å². The number of carboxylic acids is 1. The molecule has 0 aliphatic rings. The maximum Gasteiger partial charge on any atom is 0.313 e. The van der Waals surface area contributed by atoms with Crippen LogP contribution >= 0.6 is 0 Å². The van der Waals surface area contributed by atoms with Crippen molar-refractivity contribution in [1.82, 2.24) is 0 Å². The Bertz CT molecular complexity index is 724. The topological polar surface area (TPSA) is 124 Å². The van der Waals surface area contributed by atoms with Gasteiger partial charge in [-0.3, -0.25) is 9.59 Å². The molecule has 0 heterocycles. The van der Waals surface area contributed by atoms with Gasteiger partial charge in [-0.1, -0.05) is 24.3 Å². The summed E-state index contributed by atoms with van der Waals surface area (Å²) >= 11 is 0. The average Bonchev–Trinajstić information content (AvgIpc) is 2.69. The van der Waals surface area contributed by atoms with Crippen molar-refractivity contribution in [3.8, 4) is 11.5 Å². The number of ether oxygens (including phenoxy) is 1. The minimum Gasteiger partial charge on any atom is -0.508 e. The number of hydrogen-bond acceptors (Lipinski definition) is 6. The number of carboxylic acid groups (broad SMARTS) is 1. The maximum atomic E-state index is 11.3. The van der Waals surface area contributed by atoms with Crippen molar-refractivity contribution < 1.29 is 34.8 Å². The molecule has 2 atom stereocenters. The molecule has 4 N–H and O–H groups in total. The summed E-state index contributed by atoms with van der Waals surface area (Å²) in [4.78, 5) is 21.9. The van der Waals surface area contributed by atoms with E-state index in [1.54, 1.807) is 64.1 Å². The molecule has 2 aromatic rings. The van der Waals surface area contributed by atoms with Crippen molar-refractivity contribution in [1.29, 1.82) is 0 Å². The van der Waals surface area contributed by atoms with Gasteiger partial charge in [-0.15, -0.1) is 0 Å². The summed E-state index contributed by atoms with van der Waals surface area (Å²) in [6.07, 6.45) is 0. The predicted molar refractivity (Wildman–Crippen MR) is 110 cm³/mol. The van der Waals surface area contributed by atoms with Crippen LogP contribution in [0.2, 0.25) is 0 Å². The van der Waals surface area contributed by atoms with Crippen LogP contribution in [0.4, 0.5) is 0 Å². The van der Waals surface area contributed by atoms with Crippen LogP contribution in [0.5, 0.6) is 11.5 Å². The van der Waals surface area contributed by atoms with Crippen LogP contribution in [0.3, 0.4) is 0 Å². The lowest BCUT2D eigenvalue weighted by Gasteiger charge is -2.10. The molecule has 2 aromatic carbocycles. The lowest BCUT2D eigenvalue weighted by molar-refractivity contribution is -0.144. The molecule has 0 aromatic heterocycles. The van der Waals surface area contributed by atoms with Crippen molar-refractivity contribution in [2.75, 3.05) is 13.2 Å². The third-order valence-electron chi connectivity index (χ3n) is 3.80. The Morgan fingerprint density at radius 2 is 1.17 bits per heavy atom. The highest BCUT2D eigenvalue weighted by Gasteiger charge is 2.15. The predicted octanol–water partition coefficient (Wildman–Crippen LogP) is 3.64. The number of carbonyl (C=O) groups excluding carboxylic acids is 1. The van der Waals surface area contributed by atoms with Gasteiger partial charge in [0.25, 0.3) is 0 Å². The second-order valence-electron chi connectivity index (χ2n) is 6.03. The van der Waals surface area contributed by atoms with Gasteiger partial charge in [0, 0.05) is 6.61 Å². The summed E-state index contributed by atoms with van der Waals surface area (Å²) in [5, 5.41) is 34.2. The second-order valence-corrected chi connectivity index (χ2v) is 6.03. The fourth-order valence-corrected chi connectivity index (χ4v) is 2.07. The summed E-state index contributed by atoms with van der Waals surface area (Å²) < 4.78 is 4.89. The quantitative estimate of drug-likeness (QED) is 0.559. The Kier molecular flexibility index (Phi) is 12.5. The zero-order chi connectivity index (χ0) is 22.4. The van der Waals surface area contributed by atoms with E-state index in [2.05, 4.69) is 0 Å². The van der Waals surface area contributed by atoms with Crippen LogP contribution in [-0.2, 0) is 14.3 Å². The smallest absolute Gasteiger partial charge is 0.313 e. The molecule has 160 valence electrons. The van der Waals surface area contributed by atoms with Gasteiger partial charge in [0.1, 0.15) is 11.5 Å². The zero-order valence-electron chi connectivity index (χ0n) is 17.2. The fourth-order valence-electron chi connectivity index (χ4n) is 2.07. The van der Waals surface area contributed by atoms with Crippen LogP contribution in [0.15, 0.2) is 48.5 Å². The molecular formula is C22H30O7. The normalized spacial score (nSPS) is 11.6. The Hall–Kier alpha value is -3.06. The summed E-state index contributed by atoms with van der Waals surface area (Å²) in [6, 6.07) is 12.7. The van der Waals surface area contributed by atoms with Gasteiger partial charge in [0.15, 0.2) is 0 Å². The molecule has 2 rings (SSSR count). The Morgan fingerprint density at radius 1 is 0.828 bits per heavy atom. The molecule has 0 fully saturated rings. The maximum absolute atomic E-state index is 11.3. The Labute approximate surface area is 171 Å². The van der Waals surface area contributed by atoms with E-state index in [0.29, 0.717) is 12.2 Å². The number of aliphatic hydroxyl groups excluding tert-OH is 1. The number of esters is 1. The number of carbonyl (C=O) groups is 2. The van der Waals surface area contributed by atoms with E-state index in [-0.39, 0.29) is 30.0 Å². The van der Waals surface area contributed by atoms with Gasteiger partial charge < -0.3 is 25.2 Å². The molecule has 0 radical (unpaired) electrons. The lowest BCUT2D eigenvalue weighted by atomic mass is 10.0. The molecule has 7 heteroatoms. The van der Waals surface area contributed by atoms with Crippen molar-refractivity contribution in [2.24, 2.45) is 0 Å². The molecule has 0 bridgehead atoms. The van der Waals surface area contributed by atoms with Crippen LogP contribution in [0.1, 0.15) is 50.7 Å². The van der Waals surface area contributed by atoms with E-state index < -0.39 is 11.9 Å². The number of phenolic OH excluding ortho intramolecular Hbond substituents is 2. The first kappa shape index (κ1) is 25.9. The molecule has 0 spiro atoms. The van der Waals surface area contributed by atoms with E-state index in [4.69, 9.17) is 25.2 Å². The number of aliphatic carboxylic acids is 1. The largest absolute Gasteiger partial charge is 0.508 e. The minimum absolute atomic E-state index is 0.149. The highest BCUT2D eigenvalue weighted by Crippen LogP contribution is 2.19. The molecular weight excluding hydrogens is 376 g/mol. The molecule has 0 saturated carbocycles. The number of hydrogen-bond donors (Lipinski definition) is 4. The summed E-state index contributed by atoms with van der Waals surface area (Å²) in [7, 11) is 0. The highest BCUT2D eigenvalue weighted by molar-refractivity contribution is 5.77. The molecule has 0 saturated heterocycles. The van der Waals surface area contributed by atoms with E-state index >= 15 is 0 Å². The number of rotatable bonds is 5. The van der Waals surface area contributed by atoms with Gasteiger partial charge >= 0.3 is 11.9 Å². The number of aliphatic hydroxyl groups is 1. The van der Waals surface area contributed by atoms with E-state index in [9.17, 15) is 9.59 Å². The standard InChI is InChI=1S/C11H14O3.C9H10O3.C2H6O/c1-3-14-11(13)8(2)9-4-6-10(12)7-5-9;1-6(9(11)12)7-2-4-8(10)5-3-7;1-2-3/h4-8,12H,3H2,1-2H3;2-6,10H,1H3,(H,11,12);3H,2H2,1H3. The fraction of sp³-hybridized carbons (Fsp3) is 0.364. The van der Waals surface area contributed by atoms with Gasteiger partial charge in [0.05, 0.1) is 18.4 Å². The summed E-state index contributed by atoms with van der Waals surface area (Å²) in [5.74, 6) is -1.55. The third-order valence-corrected chi connectivity index (χ3v) is 3.80. The first-order chi connectivity index (χ1) is 13.7. The molecule has 29 heavy (non-hydrogen) atoms. The van der Waals surface area contributed by atoms with Crippen molar-refractivity contribution >= 4 is 11.9 Å². The van der Waals surface area contributed by atoms with Crippen LogP contribution in [0.25, 0.3) is 0 Å². The first-order valence-electron chi connectivity index (χ1n) is 9.25. The first-order valence-corrected chi connectivity index (χ1v) is 9.25. The lowest BCUT2D eigenvalue weighted by Crippen LogP contribution is -2.12. The van der Waals surface area contributed by atoms with Crippen molar-refractivity contribution in [3.63, 3.8) is 0 Å².